The monoisotopic (exact) mass is 369 g/mol. The van der Waals surface area contributed by atoms with Crippen LogP contribution in [0.3, 0.4) is 0 Å². The number of hydrogen-bond acceptors (Lipinski definition) is 5. The number of hydrogen-bond donors (Lipinski definition) is 0. The van der Waals surface area contributed by atoms with Crippen molar-refractivity contribution in [3.63, 3.8) is 0 Å². The Morgan fingerprint density at radius 2 is 1.64 bits per heavy atom. The Morgan fingerprint density at radius 1 is 1.08 bits per heavy atom. The van der Waals surface area contributed by atoms with Crippen molar-refractivity contribution in [2.24, 2.45) is 0 Å². The zero-order valence-corrected chi connectivity index (χ0v) is 16.5. The van der Waals surface area contributed by atoms with E-state index in [0.29, 0.717) is 5.56 Å². The number of sulfone groups is 1. The van der Waals surface area contributed by atoms with E-state index in [0.717, 1.165) is 6.26 Å². The van der Waals surface area contributed by atoms with Gasteiger partial charge >= 0.3 is 5.97 Å². The molecule has 0 saturated heterocycles. The second kappa shape index (κ2) is 8.47. The van der Waals surface area contributed by atoms with Crippen LogP contribution in [0.4, 0.5) is 0 Å². The zero-order valence-electron chi connectivity index (χ0n) is 15.6. The summed E-state index contributed by atoms with van der Waals surface area (Å²) in [7, 11) is -3.20. The molecule has 1 unspecified atom stereocenters. The number of esters is 1. The molecule has 140 valence electrons. The van der Waals surface area contributed by atoms with Gasteiger partial charge in [-0.25, -0.2) is 13.2 Å². The van der Waals surface area contributed by atoms with E-state index in [4.69, 9.17) is 4.74 Å². The Morgan fingerprint density at radius 3 is 2.12 bits per heavy atom. The van der Waals surface area contributed by atoms with Crippen LogP contribution < -0.4 is 0 Å². The van der Waals surface area contributed by atoms with E-state index in [1.165, 1.54) is 12.1 Å². The summed E-state index contributed by atoms with van der Waals surface area (Å²) in [5.41, 5.74) is 0.725. The van der Waals surface area contributed by atoms with Crippen LogP contribution in [0.15, 0.2) is 24.3 Å². The van der Waals surface area contributed by atoms with E-state index >= 15 is 0 Å². The number of nitrogens with zero attached hydrogens (tertiary/aromatic N) is 1. The van der Waals surface area contributed by atoms with Crippen LogP contribution in [-0.4, -0.2) is 49.6 Å². The van der Waals surface area contributed by atoms with Crippen molar-refractivity contribution < 1.29 is 22.7 Å². The molecular weight excluding hydrogens is 342 g/mol. The molecule has 0 spiro atoms. The second-order valence-corrected chi connectivity index (χ2v) is 8.89. The Kier molecular flexibility index (Phi) is 7.17. The van der Waals surface area contributed by atoms with Crippen molar-refractivity contribution in [1.29, 1.82) is 0 Å². The molecule has 0 aromatic heterocycles. The SMILES string of the molecule is CC(OC(=O)c1cccc(CS(C)(=O)=O)c1)C(=O)N(C(C)C)C(C)C. The summed E-state index contributed by atoms with van der Waals surface area (Å²) in [5, 5.41) is 0. The van der Waals surface area contributed by atoms with Crippen molar-refractivity contribution in [3.8, 4) is 0 Å². The molecule has 0 heterocycles. The lowest BCUT2D eigenvalue weighted by Gasteiger charge is -2.32. The highest BCUT2D eigenvalue weighted by molar-refractivity contribution is 7.89. The first kappa shape index (κ1) is 21.2. The molecule has 1 atom stereocenters. The predicted molar refractivity (Wildman–Crippen MR) is 97.0 cm³/mol. The van der Waals surface area contributed by atoms with Crippen LogP contribution in [0.1, 0.15) is 50.5 Å². The molecule has 0 aliphatic heterocycles. The van der Waals surface area contributed by atoms with Gasteiger partial charge in [-0.15, -0.1) is 0 Å². The van der Waals surface area contributed by atoms with Gasteiger partial charge < -0.3 is 9.64 Å². The molecular formula is C18H27NO5S. The molecule has 1 rings (SSSR count). The topological polar surface area (TPSA) is 80.8 Å². The van der Waals surface area contributed by atoms with Gasteiger partial charge in [0.1, 0.15) is 0 Å². The van der Waals surface area contributed by atoms with Crippen LogP contribution in [0, 0.1) is 0 Å². The highest BCUT2D eigenvalue weighted by Gasteiger charge is 2.28. The van der Waals surface area contributed by atoms with Gasteiger partial charge in [0.2, 0.25) is 0 Å². The van der Waals surface area contributed by atoms with Crippen molar-refractivity contribution in [2.45, 2.75) is 58.6 Å². The molecule has 0 bridgehead atoms. The van der Waals surface area contributed by atoms with Crippen LogP contribution in [0.25, 0.3) is 0 Å². The smallest absolute Gasteiger partial charge is 0.338 e. The van der Waals surface area contributed by atoms with Crippen LogP contribution in [0.5, 0.6) is 0 Å². The fourth-order valence-electron chi connectivity index (χ4n) is 2.69. The summed E-state index contributed by atoms with van der Waals surface area (Å²) in [6.45, 7) is 9.16. The number of ether oxygens (including phenoxy) is 1. The summed E-state index contributed by atoms with van der Waals surface area (Å²) in [4.78, 5) is 26.5. The zero-order chi connectivity index (χ0) is 19.4. The van der Waals surface area contributed by atoms with Gasteiger partial charge in [-0.2, -0.15) is 0 Å². The maximum atomic E-state index is 12.5. The molecule has 0 aliphatic carbocycles. The average Bonchev–Trinajstić information content (AvgIpc) is 2.44. The molecule has 6 nitrogen and oxygen atoms in total. The molecule has 25 heavy (non-hydrogen) atoms. The van der Waals surface area contributed by atoms with Gasteiger partial charge in [0, 0.05) is 18.3 Å². The third kappa shape index (κ3) is 6.49. The number of rotatable bonds is 7. The molecule has 1 aromatic rings. The Balaban J connectivity index is 2.88. The molecule has 0 N–H and O–H groups in total. The Hall–Kier alpha value is -1.89. The summed E-state index contributed by atoms with van der Waals surface area (Å²) < 4.78 is 28.1. The molecule has 0 aliphatic rings. The van der Waals surface area contributed by atoms with Gasteiger partial charge in [-0.1, -0.05) is 12.1 Å². The van der Waals surface area contributed by atoms with Crippen LogP contribution >= 0.6 is 0 Å². The standard InChI is InChI=1S/C18H27NO5S/c1-12(2)19(13(3)4)17(20)14(5)24-18(21)16-9-7-8-15(10-16)11-25(6,22)23/h7-10,12-14H,11H2,1-6H3. The Labute approximate surface area is 150 Å². The molecule has 7 heteroatoms. The normalized spacial score (nSPS) is 13.0. The highest BCUT2D eigenvalue weighted by Crippen LogP contribution is 2.14. The maximum absolute atomic E-state index is 12.5. The summed E-state index contributed by atoms with van der Waals surface area (Å²) >= 11 is 0. The number of carbonyl (C=O) groups is 2. The first-order chi connectivity index (χ1) is 11.4. The largest absolute Gasteiger partial charge is 0.449 e. The van der Waals surface area contributed by atoms with Crippen molar-refractivity contribution in [2.75, 3.05) is 6.26 Å². The second-order valence-electron chi connectivity index (χ2n) is 6.75. The predicted octanol–water partition coefficient (Wildman–Crippen LogP) is 2.42. The van der Waals surface area contributed by atoms with Crippen LogP contribution in [-0.2, 0) is 25.1 Å². The summed E-state index contributed by atoms with van der Waals surface area (Å²) in [6, 6.07) is 6.22. The van der Waals surface area contributed by atoms with E-state index < -0.39 is 21.9 Å². The first-order valence-corrected chi connectivity index (χ1v) is 10.3. The first-order valence-electron chi connectivity index (χ1n) is 8.22. The van der Waals surface area contributed by atoms with E-state index in [1.54, 1.807) is 24.0 Å². The number of carbonyl (C=O) groups excluding carboxylic acids is 2. The third-order valence-corrected chi connectivity index (χ3v) is 4.45. The lowest BCUT2D eigenvalue weighted by Crippen LogP contribution is -2.47. The van der Waals surface area contributed by atoms with E-state index in [1.807, 2.05) is 27.7 Å². The van der Waals surface area contributed by atoms with Gasteiger partial charge in [-0.3, -0.25) is 4.79 Å². The lowest BCUT2D eigenvalue weighted by atomic mass is 10.1. The van der Waals surface area contributed by atoms with Crippen molar-refractivity contribution in [3.05, 3.63) is 35.4 Å². The number of benzene rings is 1. The Bertz CT molecular complexity index is 717. The van der Waals surface area contributed by atoms with Gasteiger partial charge in [-0.05, 0) is 52.3 Å². The molecule has 1 aromatic carbocycles. The van der Waals surface area contributed by atoms with E-state index in [-0.39, 0.29) is 29.3 Å². The quantitative estimate of drug-likeness (QED) is 0.690. The summed E-state index contributed by atoms with van der Waals surface area (Å²) in [5.74, 6) is -1.06. The van der Waals surface area contributed by atoms with Crippen molar-refractivity contribution in [1.82, 2.24) is 4.90 Å². The molecule has 0 radical (unpaired) electrons. The van der Waals surface area contributed by atoms with Crippen LogP contribution in [0.2, 0.25) is 0 Å². The maximum Gasteiger partial charge on any atom is 0.338 e. The fraction of sp³-hybridized carbons (Fsp3) is 0.556. The minimum Gasteiger partial charge on any atom is -0.449 e. The third-order valence-electron chi connectivity index (χ3n) is 3.59. The number of amides is 1. The fourth-order valence-corrected chi connectivity index (χ4v) is 3.47. The molecule has 0 fully saturated rings. The summed E-state index contributed by atoms with van der Waals surface area (Å²) in [6.07, 6.45) is 0.210. The van der Waals surface area contributed by atoms with E-state index in [2.05, 4.69) is 0 Å². The molecule has 0 saturated carbocycles. The van der Waals surface area contributed by atoms with E-state index in [9.17, 15) is 18.0 Å². The van der Waals surface area contributed by atoms with Gasteiger partial charge in [0.25, 0.3) is 5.91 Å². The lowest BCUT2D eigenvalue weighted by molar-refractivity contribution is -0.143. The minimum atomic E-state index is -3.20. The minimum absolute atomic E-state index is 0.00765. The highest BCUT2D eigenvalue weighted by atomic mass is 32.2. The van der Waals surface area contributed by atoms with Crippen molar-refractivity contribution >= 4 is 21.7 Å². The molecule has 1 amide bonds. The average molecular weight is 369 g/mol. The van der Waals surface area contributed by atoms with Gasteiger partial charge in [0.15, 0.2) is 15.9 Å². The van der Waals surface area contributed by atoms with Gasteiger partial charge in [0.05, 0.1) is 11.3 Å².